The molecule has 3 aromatic heterocycles. The fourth-order valence-electron chi connectivity index (χ4n) is 5.20. The minimum atomic E-state index is -0.348. The summed E-state index contributed by atoms with van der Waals surface area (Å²) >= 11 is 0. The van der Waals surface area contributed by atoms with Crippen molar-refractivity contribution < 1.29 is 13.9 Å². The van der Waals surface area contributed by atoms with Gasteiger partial charge in [-0.2, -0.15) is 5.10 Å². The normalized spacial score (nSPS) is 11.5. The first-order chi connectivity index (χ1) is 20.9. The third-order valence-corrected chi connectivity index (χ3v) is 7.30. The molecule has 3 heterocycles. The lowest BCUT2D eigenvalue weighted by atomic mass is 10.0. The second kappa shape index (κ2) is 12.1. The zero-order valence-electron chi connectivity index (χ0n) is 24.4. The Balaban J connectivity index is 1.35. The summed E-state index contributed by atoms with van der Waals surface area (Å²) in [4.78, 5) is 22.0. The monoisotopic (exact) mass is 576 g/mol. The van der Waals surface area contributed by atoms with Crippen LogP contribution >= 0.6 is 0 Å². The van der Waals surface area contributed by atoms with E-state index in [2.05, 4.69) is 37.6 Å². The van der Waals surface area contributed by atoms with Gasteiger partial charge in [-0.15, -0.1) is 0 Å². The summed E-state index contributed by atoms with van der Waals surface area (Å²) in [6.45, 7) is 3.18. The van der Waals surface area contributed by atoms with Gasteiger partial charge in [0.25, 0.3) is 0 Å². The Labute approximate surface area is 248 Å². The van der Waals surface area contributed by atoms with E-state index in [9.17, 15) is 9.18 Å². The Morgan fingerprint density at radius 2 is 1.84 bits per heavy atom. The van der Waals surface area contributed by atoms with Crippen molar-refractivity contribution >= 4 is 33.4 Å². The van der Waals surface area contributed by atoms with Gasteiger partial charge >= 0.3 is 0 Å². The van der Waals surface area contributed by atoms with Gasteiger partial charge < -0.3 is 19.9 Å². The zero-order chi connectivity index (χ0) is 29.9. The van der Waals surface area contributed by atoms with Gasteiger partial charge in [0.15, 0.2) is 0 Å². The van der Waals surface area contributed by atoms with Crippen LogP contribution in [0, 0.1) is 5.82 Å². The molecule has 0 saturated heterocycles. The largest absolute Gasteiger partial charge is 0.492 e. The summed E-state index contributed by atoms with van der Waals surface area (Å²) < 4.78 is 20.5. The molecule has 1 amide bonds. The number of hydrogen-bond donors (Lipinski definition) is 3. The van der Waals surface area contributed by atoms with Crippen LogP contribution < -0.4 is 10.1 Å². The molecule has 0 fully saturated rings. The van der Waals surface area contributed by atoms with E-state index in [1.54, 1.807) is 12.4 Å². The molecular formula is C34H33FN6O2. The first kappa shape index (κ1) is 28.1. The van der Waals surface area contributed by atoms with Gasteiger partial charge in [-0.05, 0) is 79.7 Å². The first-order valence-corrected chi connectivity index (χ1v) is 14.3. The summed E-state index contributed by atoms with van der Waals surface area (Å²) in [5.74, 6) is 0.122. The second-order valence-corrected chi connectivity index (χ2v) is 10.9. The molecule has 0 radical (unpaired) electrons. The SMILES string of the molecule is CCCC(=O)Nc1cncc(-c2ccc3[nH]nc(-c4cc5c(-c6cc(F)cc(OCCN(C)C)c6)cccc5[nH]4)c3c2)c1. The van der Waals surface area contributed by atoms with Crippen molar-refractivity contribution in [1.82, 2.24) is 25.1 Å². The van der Waals surface area contributed by atoms with E-state index >= 15 is 0 Å². The minimum Gasteiger partial charge on any atom is -0.492 e. The lowest BCUT2D eigenvalue weighted by Gasteiger charge is -2.12. The first-order valence-electron chi connectivity index (χ1n) is 14.3. The van der Waals surface area contributed by atoms with Crippen molar-refractivity contribution in [3.63, 3.8) is 0 Å². The van der Waals surface area contributed by atoms with Crippen LogP contribution in [0.4, 0.5) is 10.1 Å². The highest BCUT2D eigenvalue weighted by Crippen LogP contribution is 2.36. The van der Waals surface area contributed by atoms with Gasteiger partial charge in [0.1, 0.15) is 23.9 Å². The Kier molecular flexibility index (Phi) is 7.89. The molecule has 6 aromatic rings. The summed E-state index contributed by atoms with van der Waals surface area (Å²) in [6, 6.07) is 20.8. The van der Waals surface area contributed by atoms with Crippen molar-refractivity contribution in [2.75, 3.05) is 32.6 Å². The molecule has 0 aliphatic heterocycles. The number of fused-ring (bicyclic) bond motifs is 2. The number of nitrogens with zero attached hydrogens (tertiary/aromatic N) is 3. The third kappa shape index (κ3) is 6.12. The summed E-state index contributed by atoms with van der Waals surface area (Å²) in [6.07, 6.45) is 4.68. The summed E-state index contributed by atoms with van der Waals surface area (Å²) in [7, 11) is 3.94. The summed E-state index contributed by atoms with van der Waals surface area (Å²) in [5.41, 5.74) is 7.55. The number of rotatable bonds is 10. The number of H-pyrrole nitrogens is 2. The maximum atomic E-state index is 14.7. The topological polar surface area (TPSA) is 98.9 Å². The lowest BCUT2D eigenvalue weighted by molar-refractivity contribution is -0.116. The van der Waals surface area contributed by atoms with E-state index in [1.165, 1.54) is 12.1 Å². The van der Waals surface area contributed by atoms with Crippen LogP contribution in [0.15, 0.2) is 79.1 Å². The smallest absolute Gasteiger partial charge is 0.224 e. The maximum Gasteiger partial charge on any atom is 0.224 e. The molecule has 0 spiro atoms. The molecule has 6 rings (SSSR count). The molecule has 0 saturated carbocycles. The number of amides is 1. The molecule has 0 unspecified atom stereocenters. The van der Waals surface area contributed by atoms with Crippen LogP contribution in [0.3, 0.4) is 0 Å². The highest BCUT2D eigenvalue weighted by Gasteiger charge is 2.16. The lowest BCUT2D eigenvalue weighted by Crippen LogP contribution is -2.19. The van der Waals surface area contributed by atoms with Gasteiger partial charge in [-0.25, -0.2) is 4.39 Å². The standard InChI is InChI=1S/C34H33FN6O2/c1-4-6-33(42)37-25-14-23(19-36-20-25)21-9-10-31-29(16-21)34(40-39-31)32-18-28-27(7-5-8-30(28)38-32)22-13-24(35)17-26(15-22)43-12-11-41(2)3/h5,7-10,13-20,38H,4,6,11-12H2,1-3H3,(H,37,42)(H,39,40). The van der Waals surface area contributed by atoms with Gasteiger partial charge in [0.05, 0.1) is 23.1 Å². The highest BCUT2D eigenvalue weighted by molar-refractivity contribution is 6.02. The number of carbonyl (C=O) groups excluding carboxylic acids is 1. The summed E-state index contributed by atoms with van der Waals surface area (Å²) in [5, 5.41) is 12.6. The minimum absolute atomic E-state index is 0.0291. The highest BCUT2D eigenvalue weighted by atomic mass is 19.1. The van der Waals surface area contributed by atoms with Crippen molar-refractivity contribution in [1.29, 1.82) is 0 Å². The molecule has 3 aromatic carbocycles. The Hall–Kier alpha value is -5.02. The fourth-order valence-corrected chi connectivity index (χ4v) is 5.20. The Morgan fingerprint density at radius 3 is 2.67 bits per heavy atom. The molecule has 0 aliphatic rings. The Morgan fingerprint density at radius 1 is 0.953 bits per heavy atom. The predicted molar refractivity (Wildman–Crippen MR) is 170 cm³/mol. The Bertz CT molecular complexity index is 1930. The number of benzene rings is 3. The third-order valence-electron chi connectivity index (χ3n) is 7.30. The number of nitrogens with one attached hydrogen (secondary N) is 3. The molecule has 3 N–H and O–H groups in total. The number of aromatic nitrogens is 4. The number of ether oxygens (including phenoxy) is 1. The molecule has 8 nitrogen and oxygen atoms in total. The molecule has 43 heavy (non-hydrogen) atoms. The molecule has 0 bridgehead atoms. The van der Waals surface area contributed by atoms with Crippen LogP contribution in [0.1, 0.15) is 19.8 Å². The van der Waals surface area contributed by atoms with Crippen LogP contribution in [-0.2, 0) is 4.79 Å². The molecular weight excluding hydrogens is 543 g/mol. The van der Waals surface area contributed by atoms with Crippen molar-refractivity contribution in [3.05, 3.63) is 84.9 Å². The van der Waals surface area contributed by atoms with E-state index in [0.29, 0.717) is 24.5 Å². The predicted octanol–water partition coefficient (Wildman–Crippen LogP) is 7.26. The van der Waals surface area contributed by atoms with Gasteiger partial charge in [0.2, 0.25) is 5.91 Å². The van der Waals surface area contributed by atoms with E-state index in [-0.39, 0.29) is 11.7 Å². The number of halogens is 1. The van der Waals surface area contributed by atoms with E-state index < -0.39 is 0 Å². The number of hydrogen-bond acceptors (Lipinski definition) is 5. The van der Waals surface area contributed by atoms with Gasteiger partial charge in [-0.1, -0.05) is 25.1 Å². The number of pyridine rings is 1. The molecule has 218 valence electrons. The quantitative estimate of drug-likeness (QED) is 0.159. The van der Waals surface area contributed by atoms with Crippen molar-refractivity contribution in [2.24, 2.45) is 0 Å². The molecule has 0 aliphatic carbocycles. The van der Waals surface area contributed by atoms with Gasteiger partial charge in [-0.3, -0.25) is 14.9 Å². The van der Waals surface area contributed by atoms with Crippen LogP contribution in [0.5, 0.6) is 5.75 Å². The zero-order valence-corrected chi connectivity index (χ0v) is 24.4. The number of aromatic amines is 2. The van der Waals surface area contributed by atoms with Gasteiger partial charge in [0, 0.05) is 47.1 Å². The van der Waals surface area contributed by atoms with Crippen molar-refractivity contribution in [2.45, 2.75) is 19.8 Å². The van der Waals surface area contributed by atoms with Crippen LogP contribution in [0.25, 0.3) is 55.4 Å². The number of likely N-dealkylation sites (N-methyl/N-ethyl adjacent to an activating group) is 1. The van der Waals surface area contributed by atoms with E-state index in [1.807, 2.05) is 68.4 Å². The average Bonchev–Trinajstić information content (AvgIpc) is 3.60. The molecule has 9 heteroatoms. The fraction of sp³-hybridized carbons (Fsp3) is 0.206. The van der Waals surface area contributed by atoms with Crippen molar-refractivity contribution in [3.8, 4) is 39.4 Å². The average molecular weight is 577 g/mol. The van der Waals surface area contributed by atoms with E-state index in [4.69, 9.17) is 4.74 Å². The van der Waals surface area contributed by atoms with Crippen LogP contribution in [0.2, 0.25) is 0 Å². The number of carbonyl (C=O) groups is 1. The van der Waals surface area contributed by atoms with Crippen LogP contribution in [-0.4, -0.2) is 58.2 Å². The maximum absolute atomic E-state index is 14.7. The number of anilines is 1. The second-order valence-electron chi connectivity index (χ2n) is 10.9. The van der Waals surface area contributed by atoms with E-state index in [0.717, 1.165) is 68.4 Å². The molecule has 0 atom stereocenters.